The molecule has 1 heterocycles. The zero-order valence-electron chi connectivity index (χ0n) is 15.5. The summed E-state index contributed by atoms with van der Waals surface area (Å²) in [6.45, 7) is -0.126. The van der Waals surface area contributed by atoms with Crippen molar-refractivity contribution in [2.24, 2.45) is 23.7 Å². The van der Waals surface area contributed by atoms with Gasteiger partial charge in [0.05, 0.1) is 17.9 Å². The Kier molecular flexibility index (Phi) is 3.74. The number of hydrogen-bond acceptors (Lipinski definition) is 3. The van der Waals surface area contributed by atoms with E-state index in [1.165, 1.54) is 16.0 Å². The van der Waals surface area contributed by atoms with Crippen LogP contribution in [-0.4, -0.2) is 41.1 Å². The number of likely N-dealkylation sites (N-methyl/N-ethyl adjacent to an activating group) is 1. The van der Waals surface area contributed by atoms with E-state index in [2.05, 4.69) is 24.3 Å². The second kappa shape index (κ2) is 6.04. The lowest BCUT2D eigenvalue weighted by atomic mass is 9.85. The Morgan fingerprint density at radius 3 is 2.48 bits per heavy atom. The van der Waals surface area contributed by atoms with Gasteiger partial charge in [0.15, 0.2) is 0 Å². The Hall–Kier alpha value is -2.43. The minimum atomic E-state index is -0.235. The molecule has 2 fully saturated rings. The van der Waals surface area contributed by atoms with Crippen LogP contribution in [0.2, 0.25) is 0 Å². The fraction of sp³-hybridized carbons (Fsp3) is 0.500. The lowest BCUT2D eigenvalue weighted by molar-refractivity contribution is -0.147. The SMILES string of the molecule is CN(C(=O)CN1C(=O)[C@@H]2[C@H](C1=O)[C@H]1C=C[C@H]2C1)[C@@H]1CCCc2ccccc21. The van der Waals surface area contributed by atoms with Crippen LogP contribution >= 0.6 is 0 Å². The maximum atomic E-state index is 13.0. The van der Waals surface area contributed by atoms with Gasteiger partial charge in [-0.05, 0) is 48.6 Å². The molecule has 3 aliphatic carbocycles. The molecule has 1 saturated carbocycles. The zero-order chi connectivity index (χ0) is 18.7. The van der Waals surface area contributed by atoms with E-state index in [4.69, 9.17) is 0 Å². The third-order valence-corrected chi connectivity index (χ3v) is 7.05. The number of carbonyl (C=O) groups excluding carboxylic acids is 3. The van der Waals surface area contributed by atoms with E-state index in [0.717, 1.165) is 25.7 Å². The summed E-state index contributed by atoms with van der Waals surface area (Å²) < 4.78 is 0. The molecule has 27 heavy (non-hydrogen) atoms. The second-order valence-corrected chi connectivity index (χ2v) is 8.37. The number of imide groups is 1. The molecule has 1 aromatic rings. The molecule has 2 bridgehead atoms. The van der Waals surface area contributed by atoms with Crippen LogP contribution in [0.15, 0.2) is 36.4 Å². The van der Waals surface area contributed by atoms with Crippen LogP contribution in [0.25, 0.3) is 0 Å². The van der Waals surface area contributed by atoms with Gasteiger partial charge in [0.1, 0.15) is 6.54 Å². The van der Waals surface area contributed by atoms with Gasteiger partial charge >= 0.3 is 0 Å². The number of nitrogens with zero attached hydrogens (tertiary/aromatic N) is 2. The van der Waals surface area contributed by atoms with Crippen molar-refractivity contribution in [2.45, 2.75) is 31.7 Å². The van der Waals surface area contributed by atoms with Crippen molar-refractivity contribution in [1.82, 2.24) is 9.80 Å². The van der Waals surface area contributed by atoms with Gasteiger partial charge in [-0.3, -0.25) is 19.3 Å². The summed E-state index contributed by atoms with van der Waals surface area (Å²) in [5.74, 6) is -0.556. The summed E-state index contributed by atoms with van der Waals surface area (Å²) in [6, 6.07) is 8.27. The van der Waals surface area contributed by atoms with E-state index in [0.29, 0.717) is 0 Å². The first kappa shape index (κ1) is 16.7. The Balaban J connectivity index is 1.33. The molecule has 5 heteroatoms. The number of amides is 3. The van der Waals surface area contributed by atoms with Gasteiger partial charge < -0.3 is 4.90 Å². The molecule has 0 unspecified atom stereocenters. The van der Waals surface area contributed by atoms with Crippen LogP contribution in [0, 0.1) is 23.7 Å². The predicted molar refractivity (Wildman–Crippen MR) is 99.3 cm³/mol. The van der Waals surface area contributed by atoms with Crippen molar-refractivity contribution in [2.75, 3.05) is 13.6 Å². The van der Waals surface area contributed by atoms with Gasteiger partial charge in [-0.1, -0.05) is 36.4 Å². The van der Waals surface area contributed by atoms with E-state index in [1.54, 1.807) is 11.9 Å². The number of fused-ring (bicyclic) bond motifs is 6. The molecule has 3 amide bonds. The molecule has 5 rings (SSSR count). The molecule has 1 saturated heterocycles. The summed E-state index contributed by atoms with van der Waals surface area (Å²) in [5.41, 5.74) is 2.48. The number of carbonyl (C=O) groups is 3. The van der Waals surface area contributed by atoms with Crippen molar-refractivity contribution >= 4 is 17.7 Å². The van der Waals surface area contributed by atoms with E-state index in [-0.39, 0.29) is 54.0 Å². The Morgan fingerprint density at radius 2 is 1.78 bits per heavy atom. The van der Waals surface area contributed by atoms with Gasteiger partial charge in [-0.25, -0.2) is 0 Å². The summed E-state index contributed by atoms with van der Waals surface area (Å²) in [7, 11) is 1.80. The number of likely N-dealkylation sites (tertiary alicyclic amines) is 1. The fourth-order valence-corrected chi connectivity index (χ4v) is 5.67. The van der Waals surface area contributed by atoms with Crippen molar-refractivity contribution in [1.29, 1.82) is 0 Å². The molecule has 5 nitrogen and oxygen atoms in total. The quantitative estimate of drug-likeness (QED) is 0.611. The molecule has 0 radical (unpaired) electrons. The number of rotatable bonds is 3. The molecule has 0 spiro atoms. The van der Waals surface area contributed by atoms with Crippen LogP contribution < -0.4 is 0 Å². The van der Waals surface area contributed by atoms with Gasteiger partial charge in [-0.15, -0.1) is 0 Å². The van der Waals surface area contributed by atoms with Crippen molar-refractivity contribution in [3.63, 3.8) is 0 Å². The zero-order valence-corrected chi connectivity index (χ0v) is 15.5. The third-order valence-electron chi connectivity index (χ3n) is 7.05. The molecule has 1 aliphatic heterocycles. The molecular weight excluding hydrogens is 340 g/mol. The Labute approximate surface area is 159 Å². The molecule has 140 valence electrons. The van der Waals surface area contributed by atoms with Crippen LogP contribution in [0.5, 0.6) is 0 Å². The van der Waals surface area contributed by atoms with E-state index in [9.17, 15) is 14.4 Å². The number of benzene rings is 1. The molecule has 1 aromatic carbocycles. The van der Waals surface area contributed by atoms with E-state index < -0.39 is 0 Å². The number of allylic oxidation sites excluding steroid dienone is 2. The fourth-order valence-electron chi connectivity index (χ4n) is 5.67. The van der Waals surface area contributed by atoms with E-state index >= 15 is 0 Å². The predicted octanol–water partition coefficient (Wildman–Crippen LogP) is 2.33. The highest BCUT2D eigenvalue weighted by Gasteiger charge is 2.59. The number of hydrogen-bond donors (Lipinski definition) is 0. The van der Waals surface area contributed by atoms with Crippen LogP contribution in [0.4, 0.5) is 0 Å². The first-order valence-electron chi connectivity index (χ1n) is 9.93. The lowest BCUT2D eigenvalue weighted by Crippen LogP contribution is -2.44. The number of aryl methyl sites for hydroxylation is 1. The normalized spacial score (nSPS) is 33.4. The average Bonchev–Trinajstić information content (AvgIpc) is 3.37. The highest BCUT2D eigenvalue weighted by molar-refractivity contribution is 6.08. The monoisotopic (exact) mass is 364 g/mol. The van der Waals surface area contributed by atoms with Gasteiger partial charge in [-0.2, -0.15) is 0 Å². The topological polar surface area (TPSA) is 57.7 Å². The largest absolute Gasteiger partial charge is 0.337 e. The average molecular weight is 364 g/mol. The first-order valence-corrected chi connectivity index (χ1v) is 9.93. The maximum Gasteiger partial charge on any atom is 0.242 e. The molecule has 0 aromatic heterocycles. The Bertz CT molecular complexity index is 831. The smallest absolute Gasteiger partial charge is 0.242 e. The van der Waals surface area contributed by atoms with Crippen LogP contribution in [0.1, 0.15) is 36.4 Å². The standard InChI is InChI=1S/C22H24N2O3/c1-23(17-8-4-6-13-5-2-3-7-16(13)17)18(25)12-24-21(26)19-14-9-10-15(11-14)20(19)22(24)27/h2-3,5,7,9-10,14-15,17,19-20H,4,6,8,11-12H2,1H3/t14-,15-,17+,19-,20+/m0/s1. The third kappa shape index (κ3) is 2.40. The van der Waals surface area contributed by atoms with Gasteiger partial charge in [0.25, 0.3) is 0 Å². The Morgan fingerprint density at radius 1 is 1.11 bits per heavy atom. The highest BCUT2D eigenvalue weighted by Crippen LogP contribution is 2.52. The molecule has 4 aliphatic rings. The van der Waals surface area contributed by atoms with Crippen LogP contribution in [-0.2, 0) is 20.8 Å². The summed E-state index contributed by atoms with van der Waals surface area (Å²) >= 11 is 0. The summed E-state index contributed by atoms with van der Waals surface area (Å²) in [5, 5.41) is 0. The summed E-state index contributed by atoms with van der Waals surface area (Å²) in [4.78, 5) is 41.6. The van der Waals surface area contributed by atoms with Gasteiger partial charge in [0.2, 0.25) is 17.7 Å². The van der Waals surface area contributed by atoms with Crippen molar-refractivity contribution < 1.29 is 14.4 Å². The lowest BCUT2D eigenvalue weighted by Gasteiger charge is -2.34. The summed E-state index contributed by atoms with van der Waals surface area (Å²) in [6.07, 6.45) is 8.06. The highest BCUT2D eigenvalue weighted by atomic mass is 16.2. The van der Waals surface area contributed by atoms with E-state index in [1.807, 2.05) is 12.1 Å². The first-order chi connectivity index (χ1) is 13.1. The molecular formula is C22H24N2O3. The minimum absolute atomic E-state index is 0.0209. The molecule has 0 N–H and O–H groups in total. The van der Waals surface area contributed by atoms with Gasteiger partial charge in [0, 0.05) is 7.05 Å². The van der Waals surface area contributed by atoms with Crippen molar-refractivity contribution in [3.05, 3.63) is 47.5 Å². The minimum Gasteiger partial charge on any atom is -0.337 e. The second-order valence-electron chi connectivity index (χ2n) is 8.37. The maximum absolute atomic E-state index is 13.0. The molecule has 5 atom stereocenters. The van der Waals surface area contributed by atoms with Crippen LogP contribution in [0.3, 0.4) is 0 Å². The van der Waals surface area contributed by atoms with Crippen molar-refractivity contribution in [3.8, 4) is 0 Å².